The van der Waals surface area contributed by atoms with Gasteiger partial charge >= 0.3 is 6.01 Å². The normalized spacial score (nSPS) is 14.6. The molecule has 3 aromatic rings. The Morgan fingerprint density at radius 1 is 1.06 bits per heavy atom. The molecule has 1 aromatic carbocycles. The number of hydrogen-bond acceptors (Lipinski definition) is 8. The van der Waals surface area contributed by atoms with E-state index in [1.807, 2.05) is 36.4 Å². The summed E-state index contributed by atoms with van der Waals surface area (Å²) in [6.45, 7) is 6.32. The number of likely N-dealkylation sites (N-methyl/N-ethyl adjacent to an activating group) is 1. The number of rotatable bonds is 8. The molecule has 0 saturated carbocycles. The monoisotopic (exact) mass is 431 g/mol. The maximum Gasteiger partial charge on any atom is 0.320 e. The van der Waals surface area contributed by atoms with Gasteiger partial charge in [-0.2, -0.15) is 15.1 Å². The highest BCUT2D eigenvalue weighted by atomic mass is 16.5. The zero-order chi connectivity index (χ0) is 22.2. The first kappa shape index (κ1) is 21.7. The Hall–Kier alpha value is -3.52. The number of benzene rings is 1. The summed E-state index contributed by atoms with van der Waals surface area (Å²) in [4.78, 5) is 18.1. The smallest absolute Gasteiger partial charge is 0.320 e. The van der Waals surface area contributed by atoms with Gasteiger partial charge in [-0.1, -0.05) is 35.9 Å². The van der Waals surface area contributed by atoms with E-state index in [1.54, 1.807) is 12.4 Å². The van der Waals surface area contributed by atoms with Crippen LogP contribution < -0.4 is 15.1 Å². The van der Waals surface area contributed by atoms with Crippen LogP contribution in [0, 0.1) is 6.92 Å². The van der Waals surface area contributed by atoms with Crippen LogP contribution in [0.1, 0.15) is 16.8 Å². The number of hydrazone groups is 1. The molecule has 32 heavy (non-hydrogen) atoms. The second-order valence-corrected chi connectivity index (χ2v) is 7.89. The Balaban J connectivity index is 1.47. The molecular weight excluding hydrogens is 402 g/mol. The van der Waals surface area contributed by atoms with E-state index >= 15 is 0 Å². The van der Waals surface area contributed by atoms with Crippen LogP contribution in [0.3, 0.4) is 0 Å². The van der Waals surface area contributed by atoms with Gasteiger partial charge in [-0.05, 0) is 31.7 Å². The van der Waals surface area contributed by atoms with Crippen LogP contribution in [0.15, 0.2) is 59.8 Å². The predicted molar refractivity (Wildman–Crippen MR) is 128 cm³/mol. The second-order valence-electron chi connectivity index (χ2n) is 7.89. The molecule has 0 atom stereocenters. The van der Waals surface area contributed by atoms with Crippen LogP contribution >= 0.6 is 0 Å². The van der Waals surface area contributed by atoms with Gasteiger partial charge in [-0.3, -0.25) is 10.4 Å². The van der Waals surface area contributed by atoms with E-state index in [9.17, 15) is 0 Å². The fourth-order valence-electron chi connectivity index (χ4n) is 3.45. The van der Waals surface area contributed by atoms with Gasteiger partial charge in [0.05, 0.1) is 12.8 Å². The number of hydrogen-bond donors (Lipinski definition) is 1. The maximum absolute atomic E-state index is 5.89. The van der Waals surface area contributed by atoms with Crippen molar-refractivity contribution in [3.05, 3.63) is 71.5 Å². The third kappa shape index (κ3) is 6.24. The minimum Gasteiger partial charge on any atom is -0.463 e. The first-order chi connectivity index (χ1) is 15.7. The molecule has 1 aliphatic rings. The topological polar surface area (TPSA) is 78.8 Å². The minimum atomic E-state index is 0.339. The molecule has 1 saturated heterocycles. The lowest BCUT2D eigenvalue weighted by Gasteiger charge is -2.33. The number of ether oxygens (including phenoxy) is 1. The van der Waals surface area contributed by atoms with Crippen LogP contribution in [0.5, 0.6) is 6.01 Å². The van der Waals surface area contributed by atoms with Crippen molar-refractivity contribution in [2.45, 2.75) is 13.3 Å². The molecule has 166 valence electrons. The molecule has 1 aliphatic heterocycles. The summed E-state index contributed by atoms with van der Waals surface area (Å²) in [6, 6.07) is 16.3. The average Bonchev–Trinajstić information content (AvgIpc) is 2.80. The van der Waals surface area contributed by atoms with Crippen LogP contribution in [0.4, 0.5) is 11.6 Å². The fourth-order valence-corrected chi connectivity index (χ4v) is 3.45. The van der Waals surface area contributed by atoms with Crippen molar-refractivity contribution in [2.24, 2.45) is 5.10 Å². The number of pyridine rings is 1. The van der Waals surface area contributed by atoms with Crippen LogP contribution in [-0.4, -0.2) is 65.9 Å². The molecule has 8 nitrogen and oxygen atoms in total. The summed E-state index contributed by atoms with van der Waals surface area (Å²) in [5, 5.41) is 4.36. The van der Waals surface area contributed by atoms with Crippen molar-refractivity contribution < 1.29 is 4.74 Å². The highest BCUT2D eigenvalue weighted by Crippen LogP contribution is 2.21. The number of aryl methyl sites for hydroxylation is 1. The number of nitrogens with one attached hydrogen (secondary N) is 1. The zero-order valence-corrected chi connectivity index (χ0v) is 18.6. The summed E-state index contributed by atoms with van der Waals surface area (Å²) in [7, 11) is 2.14. The molecule has 0 spiro atoms. The van der Waals surface area contributed by atoms with Crippen molar-refractivity contribution in [3.63, 3.8) is 0 Å². The standard InChI is InChI=1S/C24H29N7O/c1-19-6-5-7-20(16-19)18-26-29-22-17-23(31-13-11-30(2)12-14-31)28-24(27-22)32-15-9-21-8-3-4-10-25-21/h3-8,10,16-18H,9,11-15H2,1-2H3,(H,27,28,29). The van der Waals surface area contributed by atoms with E-state index in [0.29, 0.717) is 24.9 Å². The summed E-state index contributed by atoms with van der Waals surface area (Å²) < 4.78 is 5.89. The van der Waals surface area contributed by atoms with Gasteiger partial charge in [0.25, 0.3) is 0 Å². The van der Waals surface area contributed by atoms with E-state index in [2.05, 4.69) is 61.4 Å². The van der Waals surface area contributed by atoms with Crippen LogP contribution in [0.2, 0.25) is 0 Å². The fraction of sp³-hybridized carbons (Fsp3) is 0.333. The quantitative estimate of drug-likeness (QED) is 0.434. The molecule has 4 rings (SSSR count). The van der Waals surface area contributed by atoms with Crippen LogP contribution in [0.25, 0.3) is 0 Å². The van der Waals surface area contributed by atoms with E-state index in [-0.39, 0.29) is 0 Å². The molecule has 2 aromatic heterocycles. The van der Waals surface area contributed by atoms with Crippen molar-refractivity contribution in [1.29, 1.82) is 0 Å². The number of nitrogens with zero attached hydrogens (tertiary/aromatic N) is 6. The first-order valence-corrected chi connectivity index (χ1v) is 10.9. The molecule has 3 heterocycles. The molecular formula is C24H29N7O. The largest absolute Gasteiger partial charge is 0.463 e. The number of piperazine rings is 1. The minimum absolute atomic E-state index is 0.339. The van der Waals surface area contributed by atoms with Crippen molar-refractivity contribution >= 4 is 17.9 Å². The molecule has 0 aliphatic carbocycles. The lowest BCUT2D eigenvalue weighted by molar-refractivity contribution is 0.293. The summed E-state index contributed by atoms with van der Waals surface area (Å²) in [5.74, 6) is 1.44. The van der Waals surface area contributed by atoms with E-state index in [0.717, 1.165) is 43.3 Å². The van der Waals surface area contributed by atoms with E-state index in [4.69, 9.17) is 4.74 Å². The lowest BCUT2D eigenvalue weighted by atomic mass is 10.2. The summed E-state index contributed by atoms with van der Waals surface area (Å²) in [6.07, 6.45) is 4.26. The highest BCUT2D eigenvalue weighted by Gasteiger charge is 2.17. The molecule has 0 amide bonds. The number of aromatic nitrogens is 3. The van der Waals surface area contributed by atoms with Crippen molar-refractivity contribution in [1.82, 2.24) is 19.9 Å². The lowest BCUT2D eigenvalue weighted by Crippen LogP contribution is -2.44. The molecule has 0 bridgehead atoms. The molecule has 1 fully saturated rings. The molecule has 1 N–H and O–H groups in total. The van der Waals surface area contributed by atoms with Crippen LogP contribution in [-0.2, 0) is 6.42 Å². The molecule has 0 unspecified atom stereocenters. The van der Waals surface area contributed by atoms with Gasteiger partial charge < -0.3 is 14.5 Å². The van der Waals surface area contributed by atoms with Gasteiger partial charge in [0, 0.05) is 50.6 Å². The van der Waals surface area contributed by atoms with E-state index < -0.39 is 0 Å². The Morgan fingerprint density at radius 3 is 2.72 bits per heavy atom. The first-order valence-electron chi connectivity index (χ1n) is 10.9. The second kappa shape index (κ2) is 10.7. The Kier molecular flexibility index (Phi) is 7.24. The van der Waals surface area contributed by atoms with Gasteiger partial charge in [0.1, 0.15) is 5.82 Å². The zero-order valence-electron chi connectivity index (χ0n) is 18.6. The Bertz CT molecular complexity index is 1030. The number of anilines is 2. The third-order valence-corrected chi connectivity index (χ3v) is 5.27. The summed E-state index contributed by atoms with van der Waals surface area (Å²) in [5.41, 5.74) is 6.23. The third-order valence-electron chi connectivity index (χ3n) is 5.27. The average molecular weight is 432 g/mol. The van der Waals surface area contributed by atoms with Gasteiger partial charge in [-0.15, -0.1) is 0 Å². The van der Waals surface area contributed by atoms with Gasteiger partial charge in [0.2, 0.25) is 0 Å². The molecule has 0 radical (unpaired) electrons. The van der Waals surface area contributed by atoms with Gasteiger partial charge in [0.15, 0.2) is 5.82 Å². The maximum atomic E-state index is 5.89. The Morgan fingerprint density at radius 2 is 1.94 bits per heavy atom. The van der Waals surface area contributed by atoms with Crippen molar-refractivity contribution in [3.8, 4) is 6.01 Å². The van der Waals surface area contributed by atoms with Crippen molar-refractivity contribution in [2.75, 3.05) is 50.2 Å². The van der Waals surface area contributed by atoms with E-state index in [1.165, 1.54) is 5.56 Å². The Labute approximate surface area is 189 Å². The molecule has 8 heteroatoms. The predicted octanol–water partition coefficient (Wildman–Crippen LogP) is 3.00. The highest BCUT2D eigenvalue weighted by molar-refractivity contribution is 5.80. The van der Waals surface area contributed by atoms with Gasteiger partial charge in [-0.25, -0.2) is 0 Å². The SMILES string of the molecule is Cc1cccc(C=NNc2cc(N3CCN(C)CC3)nc(OCCc3ccccn3)n2)c1. The summed E-state index contributed by atoms with van der Waals surface area (Å²) >= 11 is 0.